The zero-order chi connectivity index (χ0) is 26.4. The van der Waals surface area contributed by atoms with Crippen LogP contribution in [0, 0.1) is 0 Å². The number of carbonyl (C=O) groups is 1. The van der Waals surface area contributed by atoms with Crippen LogP contribution in [0.3, 0.4) is 0 Å². The minimum Gasteiger partial charge on any atom is -0.372 e. The molecule has 190 valence electrons. The van der Waals surface area contributed by atoms with Crippen LogP contribution in [0.4, 0.5) is 17.3 Å². The van der Waals surface area contributed by atoms with Gasteiger partial charge in [0.05, 0.1) is 11.1 Å². The zero-order valence-corrected chi connectivity index (χ0v) is 21.4. The summed E-state index contributed by atoms with van der Waals surface area (Å²) in [4.78, 5) is 23.5. The molecule has 5 rings (SSSR count). The first kappa shape index (κ1) is 25.3. The summed E-state index contributed by atoms with van der Waals surface area (Å²) in [6, 6.07) is 13.1. The molecule has 0 saturated heterocycles. The first-order chi connectivity index (χ1) is 17.9. The molecule has 0 aliphatic heterocycles. The molecule has 37 heavy (non-hydrogen) atoms. The Labute approximate surface area is 214 Å². The zero-order valence-electron chi connectivity index (χ0n) is 21.4. The summed E-state index contributed by atoms with van der Waals surface area (Å²) < 4.78 is 6.86. The molecule has 4 aromatic heterocycles. The Kier molecular flexibility index (Phi) is 7.42. The van der Waals surface area contributed by atoms with E-state index in [9.17, 15) is 4.79 Å². The van der Waals surface area contributed by atoms with E-state index in [1.54, 1.807) is 29.2 Å². The molecule has 1 aromatic carbocycles. The standard InChI is InChI=1S/C18H15N7O.C8H14N2O/c1-19-17-15-16(12-3-2-8-20-9-12)24-25(18(15)22-10-21-17)14-6-4-13(5-7-14)23-11-26;1-8(2,3)6-5-7(9-4)10-11-6/h2-11H,1H3,(H,23,26)(H,19,21,22);5H,1-4H3,(H,9,10). The van der Waals surface area contributed by atoms with Crippen molar-refractivity contribution in [3.63, 3.8) is 0 Å². The average molecular weight is 500 g/mol. The van der Waals surface area contributed by atoms with E-state index in [-0.39, 0.29) is 5.41 Å². The molecule has 0 unspecified atom stereocenters. The van der Waals surface area contributed by atoms with E-state index < -0.39 is 0 Å². The molecule has 0 spiro atoms. The number of nitrogens with zero attached hydrogens (tertiary/aromatic N) is 6. The fourth-order valence-electron chi connectivity index (χ4n) is 3.54. The number of pyridine rings is 1. The molecular formula is C26H29N9O2. The highest BCUT2D eigenvalue weighted by Crippen LogP contribution is 2.32. The van der Waals surface area contributed by atoms with Crippen LogP contribution in [0.2, 0.25) is 0 Å². The van der Waals surface area contributed by atoms with E-state index >= 15 is 0 Å². The van der Waals surface area contributed by atoms with Crippen molar-refractivity contribution in [2.75, 3.05) is 30.0 Å². The smallest absolute Gasteiger partial charge is 0.211 e. The highest BCUT2D eigenvalue weighted by atomic mass is 16.5. The van der Waals surface area contributed by atoms with Crippen molar-refractivity contribution in [2.24, 2.45) is 0 Å². The van der Waals surface area contributed by atoms with Crippen molar-refractivity contribution >= 4 is 34.8 Å². The summed E-state index contributed by atoms with van der Waals surface area (Å²) in [5.41, 5.74) is 3.87. The Hall–Kier alpha value is -4.80. The lowest BCUT2D eigenvalue weighted by molar-refractivity contribution is -0.105. The van der Waals surface area contributed by atoms with Gasteiger partial charge in [0.15, 0.2) is 11.5 Å². The molecule has 0 fully saturated rings. The number of anilines is 3. The Morgan fingerprint density at radius 1 is 1.03 bits per heavy atom. The number of benzene rings is 1. The van der Waals surface area contributed by atoms with Gasteiger partial charge >= 0.3 is 0 Å². The van der Waals surface area contributed by atoms with Gasteiger partial charge < -0.3 is 20.5 Å². The van der Waals surface area contributed by atoms with Gasteiger partial charge in [-0.25, -0.2) is 14.6 Å². The summed E-state index contributed by atoms with van der Waals surface area (Å²) in [5, 5.41) is 18.0. The molecule has 11 heteroatoms. The average Bonchev–Trinajstić information content (AvgIpc) is 3.56. The predicted octanol–water partition coefficient (Wildman–Crippen LogP) is 4.50. The summed E-state index contributed by atoms with van der Waals surface area (Å²) in [6.45, 7) is 6.27. The third-order valence-corrected chi connectivity index (χ3v) is 5.48. The maximum atomic E-state index is 10.6. The number of hydrogen-bond acceptors (Lipinski definition) is 9. The molecule has 0 aliphatic rings. The number of aromatic nitrogens is 6. The largest absolute Gasteiger partial charge is 0.372 e. The van der Waals surface area contributed by atoms with Crippen molar-refractivity contribution in [3.8, 4) is 16.9 Å². The normalized spacial score (nSPS) is 10.9. The Bertz CT molecular complexity index is 1470. The lowest BCUT2D eigenvalue weighted by Crippen LogP contribution is -2.09. The third-order valence-electron chi connectivity index (χ3n) is 5.48. The van der Waals surface area contributed by atoms with Crippen LogP contribution in [0.1, 0.15) is 26.5 Å². The van der Waals surface area contributed by atoms with Crippen LogP contribution < -0.4 is 16.0 Å². The summed E-state index contributed by atoms with van der Waals surface area (Å²) in [7, 11) is 3.64. The minimum atomic E-state index is 0.0437. The molecule has 0 saturated carbocycles. The fraction of sp³-hybridized carbons (Fsp3) is 0.231. The Morgan fingerprint density at radius 3 is 2.38 bits per heavy atom. The van der Waals surface area contributed by atoms with Crippen LogP contribution in [-0.4, -0.2) is 50.4 Å². The molecule has 3 N–H and O–H groups in total. The predicted molar refractivity (Wildman–Crippen MR) is 144 cm³/mol. The number of amides is 1. The molecule has 11 nitrogen and oxygen atoms in total. The van der Waals surface area contributed by atoms with Crippen LogP contribution in [0.25, 0.3) is 28.0 Å². The van der Waals surface area contributed by atoms with Crippen LogP contribution in [0.15, 0.2) is 65.7 Å². The number of nitrogens with one attached hydrogen (secondary N) is 3. The summed E-state index contributed by atoms with van der Waals surface area (Å²) in [5.74, 6) is 2.39. The van der Waals surface area contributed by atoms with Crippen molar-refractivity contribution in [1.29, 1.82) is 0 Å². The van der Waals surface area contributed by atoms with Gasteiger partial charge in [0.1, 0.15) is 23.6 Å². The van der Waals surface area contributed by atoms with Gasteiger partial charge in [0.2, 0.25) is 6.41 Å². The molecule has 1 amide bonds. The van der Waals surface area contributed by atoms with Gasteiger partial charge in [-0.05, 0) is 36.4 Å². The van der Waals surface area contributed by atoms with Crippen LogP contribution >= 0.6 is 0 Å². The quantitative estimate of drug-likeness (QED) is 0.288. The second-order valence-electron chi connectivity index (χ2n) is 9.06. The second kappa shape index (κ2) is 10.9. The maximum absolute atomic E-state index is 10.6. The molecule has 0 aliphatic carbocycles. The van der Waals surface area contributed by atoms with Crippen molar-refractivity contribution in [2.45, 2.75) is 26.2 Å². The minimum absolute atomic E-state index is 0.0437. The van der Waals surface area contributed by atoms with Gasteiger partial charge in [-0.3, -0.25) is 9.78 Å². The maximum Gasteiger partial charge on any atom is 0.211 e. The van der Waals surface area contributed by atoms with E-state index in [0.717, 1.165) is 33.9 Å². The van der Waals surface area contributed by atoms with Crippen molar-refractivity contribution in [3.05, 3.63) is 66.9 Å². The van der Waals surface area contributed by atoms with Gasteiger partial charge in [-0.2, -0.15) is 5.10 Å². The van der Waals surface area contributed by atoms with Gasteiger partial charge in [-0.15, -0.1) is 0 Å². The van der Waals surface area contributed by atoms with E-state index in [2.05, 4.69) is 56.8 Å². The monoisotopic (exact) mass is 499 g/mol. The number of rotatable bonds is 6. The Morgan fingerprint density at radius 2 is 1.81 bits per heavy atom. The lowest BCUT2D eigenvalue weighted by Gasteiger charge is -2.11. The van der Waals surface area contributed by atoms with E-state index in [4.69, 9.17) is 9.62 Å². The summed E-state index contributed by atoms with van der Waals surface area (Å²) >= 11 is 0. The van der Waals surface area contributed by atoms with E-state index in [1.807, 2.05) is 44.4 Å². The first-order valence-electron chi connectivity index (χ1n) is 11.6. The highest BCUT2D eigenvalue weighted by Gasteiger charge is 2.20. The molecule has 0 bridgehead atoms. The van der Waals surface area contributed by atoms with Gasteiger partial charge in [-0.1, -0.05) is 25.9 Å². The number of fused-ring (bicyclic) bond motifs is 1. The molecule has 5 aromatic rings. The highest BCUT2D eigenvalue weighted by molar-refractivity contribution is 5.99. The fourth-order valence-corrected chi connectivity index (χ4v) is 3.54. The molecule has 4 heterocycles. The van der Waals surface area contributed by atoms with Crippen molar-refractivity contribution < 1.29 is 9.32 Å². The van der Waals surface area contributed by atoms with Crippen LogP contribution in [-0.2, 0) is 10.2 Å². The number of hydrogen-bond donors (Lipinski definition) is 3. The molecule has 0 atom stereocenters. The van der Waals surface area contributed by atoms with Crippen molar-refractivity contribution in [1.82, 2.24) is 29.9 Å². The summed E-state index contributed by atoms with van der Waals surface area (Å²) in [6.07, 6.45) is 5.62. The molecular weight excluding hydrogens is 470 g/mol. The Balaban J connectivity index is 0.000000245. The second-order valence-corrected chi connectivity index (χ2v) is 9.06. The lowest BCUT2D eigenvalue weighted by atomic mass is 9.93. The van der Waals surface area contributed by atoms with E-state index in [1.165, 1.54) is 6.33 Å². The van der Waals surface area contributed by atoms with E-state index in [0.29, 0.717) is 23.6 Å². The third kappa shape index (κ3) is 5.56. The first-order valence-corrected chi connectivity index (χ1v) is 11.6. The van der Waals surface area contributed by atoms with Crippen LogP contribution in [0.5, 0.6) is 0 Å². The van der Waals surface area contributed by atoms with Gasteiger partial charge in [0, 0.05) is 49.2 Å². The number of carbonyl (C=O) groups excluding carboxylic acids is 1. The molecule has 0 radical (unpaired) electrons. The SMILES string of the molecule is CNc1cc(C(C)(C)C)on1.CNc1ncnc2c1c(-c1cccnc1)nn2-c1ccc(NC=O)cc1. The van der Waals surface area contributed by atoms with Gasteiger partial charge in [0.25, 0.3) is 0 Å². The topological polar surface area (TPSA) is 136 Å².